The van der Waals surface area contributed by atoms with Gasteiger partial charge in [0.25, 0.3) is 0 Å². The van der Waals surface area contributed by atoms with E-state index in [9.17, 15) is 5.26 Å². The summed E-state index contributed by atoms with van der Waals surface area (Å²) in [5, 5.41) is 17.0. The minimum Gasteiger partial charge on any atom is -0.324 e. The zero-order valence-electron chi connectivity index (χ0n) is 13.8. The maximum atomic E-state index is 9.79. The van der Waals surface area contributed by atoms with Crippen LogP contribution >= 0.6 is 11.3 Å². The van der Waals surface area contributed by atoms with Crippen LogP contribution in [0.1, 0.15) is 5.56 Å². The van der Waals surface area contributed by atoms with Gasteiger partial charge in [-0.2, -0.15) is 16.6 Å². The Bertz CT molecular complexity index is 1050. The summed E-state index contributed by atoms with van der Waals surface area (Å²) in [6.45, 7) is 0. The van der Waals surface area contributed by atoms with Crippen LogP contribution in [0.15, 0.2) is 77.5 Å². The van der Waals surface area contributed by atoms with Gasteiger partial charge in [0.2, 0.25) is 5.95 Å². The number of aromatic nitrogens is 2. The van der Waals surface area contributed by atoms with Gasteiger partial charge in [0.1, 0.15) is 11.6 Å². The van der Waals surface area contributed by atoms with Crippen molar-refractivity contribution in [3.8, 4) is 28.6 Å². The van der Waals surface area contributed by atoms with E-state index >= 15 is 0 Å². The molecule has 4 aromatic rings. The Balaban J connectivity index is 1.91. The molecule has 1 N–H and O–H groups in total. The van der Waals surface area contributed by atoms with Crippen LogP contribution in [0.25, 0.3) is 22.5 Å². The van der Waals surface area contributed by atoms with E-state index in [1.54, 1.807) is 11.3 Å². The van der Waals surface area contributed by atoms with Gasteiger partial charge in [0, 0.05) is 22.2 Å². The van der Waals surface area contributed by atoms with E-state index in [1.165, 1.54) is 0 Å². The first-order valence-electron chi connectivity index (χ1n) is 8.07. The van der Waals surface area contributed by atoms with Crippen molar-refractivity contribution in [3.63, 3.8) is 0 Å². The molecule has 0 aliphatic heterocycles. The van der Waals surface area contributed by atoms with E-state index in [1.807, 2.05) is 77.5 Å². The molecule has 5 heteroatoms. The van der Waals surface area contributed by atoms with Crippen molar-refractivity contribution >= 4 is 23.0 Å². The Kier molecular flexibility index (Phi) is 4.42. The Morgan fingerprint density at radius 3 is 2.08 bits per heavy atom. The standard InChI is InChI=1S/C21H14N4S/c22-13-18-19(15-7-3-1-4-8-15)24-21(23-17-9-5-2-6-10-17)25-20(18)16-11-12-26-14-16/h1-12,14H,(H,23,24,25). The van der Waals surface area contributed by atoms with E-state index in [-0.39, 0.29) is 0 Å². The zero-order chi connectivity index (χ0) is 17.8. The van der Waals surface area contributed by atoms with E-state index in [4.69, 9.17) is 0 Å². The summed E-state index contributed by atoms with van der Waals surface area (Å²) in [6.07, 6.45) is 0. The van der Waals surface area contributed by atoms with Gasteiger partial charge >= 0.3 is 0 Å². The number of nitrogens with one attached hydrogen (secondary N) is 1. The van der Waals surface area contributed by atoms with Crippen LogP contribution in [0.2, 0.25) is 0 Å². The van der Waals surface area contributed by atoms with Gasteiger partial charge in [-0.15, -0.1) is 0 Å². The van der Waals surface area contributed by atoms with Crippen molar-refractivity contribution in [1.82, 2.24) is 9.97 Å². The minimum absolute atomic E-state index is 0.468. The molecular formula is C21H14N4S. The number of nitrogens with zero attached hydrogens (tertiary/aromatic N) is 3. The molecule has 0 saturated carbocycles. The molecule has 124 valence electrons. The van der Waals surface area contributed by atoms with Gasteiger partial charge in [-0.25, -0.2) is 9.97 Å². The number of thiophene rings is 1. The van der Waals surface area contributed by atoms with Crippen LogP contribution in [0.4, 0.5) is 11.6 Å². The van der Waals surface area contributed by atoms with Crippen LogP contribution < -0.4 is 5.32 Å². The number of hydrogen-bond donors (Lipinski definition) is 1. The SMILES string of the molecule is N#Cc1c(-c2ccccc2)nc(Nc2ccccc2)nc1-c1ccsc1. The number of rotatable bonds is 4. The third-order valence-electron chi connectivity index (χ3n) is 3.89. The summed E-state index contributed by atoms with van der Waals surface area (Å²) in [5.74, 6) is 0.468. The molecule has 0 atom stereocenters. The highest BCUT2D eigenvalue weighted by Crippen LogP contribution is 2.32. The first kappa shape index (κ1) is 16.0. The molecule has 0 radical (unpaired) electrons. The third kappa shape index (κ3) is 3.18. The fraction of sp³-hybridized carbons (Fsp3) is 0. The average molecular weight is 354 g/mol. The normalized spacial score (nSPS) is 10.3. The lowest BCUT2D eigenvalue weighted by atomic mass is 10.0. The topological polar surface area (TPSA) is 61.6 Å². The molecule has 0 bridgehead atoms. The average Bonchev–Trinajstić information content (AvgIpc) is 3.23. The lowest BCUT2D eigenvalue weighted by Crippen LogP contribution is -2.03. The lowest BCUT2D eigenvalue weighted by molar-refractivity contribution is 1.16. The molecule has 0 aliphatic carbocycles. The molecule has 0 amide bonds. The predicted octanol–water partition coefficient (Wildman–Crippen LogP) is 5.49. The summed E-state index contributed by atoms with van der Waals surface area (Å²) >= 11 is 1.57. The third-order valence-corrected chi connectivity index (χ3v) is 4.58. The second-order valence-corrected chi connectivity index (χ2v) is 6.38. The van der Waals surface area contributed by atoms with Crippen LogP contribution in [-0.4, -0.2) is 9.97 Å². The quantitative estimate of drug-likeness (QED) is 0.526. The zero-order valence-corrected chi connectivity index (χ0v) is 14.6. The smallest absolute Gasteiger partial charge is 0.228 e. The number of anilines is 2. The van der Waals surface area contributed by atoms with E-state index in [0.29, 0.717) is 22.9 Å². The Labute approximate surface area is 155 Å². The molecule has 2 aromatic carbocycles. The fourth-order valence-electron chi connectivity index (χ4n) is 2.69. The minimum atomic E-state index is 0.468. The van der Waals surface area contributed by atoms with Gasteiger partial charge in [0.05, 0.1) is 11.4 Å². The summed E-state index contributed by atoms with van der Waals surface area (Å²) in [5.41, 5.74) is 4.45. The highest BCUT2D eigenvalue weighted by Gasteiger charge is 2.17. The van der Waals surface area contributed by atoms with Crippen molar-refractivity contribution in [2.45, 2.75) is 0 Å². The predicted molar refractivity (Wildman–Crippen MR) is 105 cm³/mol. The van der Waals surface area contributed by atoms with Crippen LogP contribution in [0.3, 0.4) is 0 Å². The Hall–Kier alpha value is -3.49. The molecule has 26 heavy (non-hydrogen) atoms. The molecule has 0 aliphatic rings. The van der Waals surface area contributed by atoms with Crippen LogP contribution in [0.5, 0.6) is 0 Å². The molecule has 0 spiro atoms. The maximum absolute atomic E-state index is 9.79. The highest BCUT2D eigenvalue weighted by atomic mass is 32.1. The van der Waals surface area contributed by atoms with E-state index in [2.05, 4.69) is 21.4 Å². The van der Waals surface area contributed by atoms with Crippen molar-refractivity contribution in [2.75, 3.05) is 5.32 Å². The highest BCUT2D eigenvalue weighted by molar-refractivity contribution is 7.08. The summed E-state index contributed by atoms with van der Waals surface area (Å²) in [4.78, 5) is 9.27. The maximum Gasteiger partial charge on any atom is 0.228 e. The molecule has 2 aromatic heterocycles. The second-order valence-electron chi connectivity index (χ2n) is 5.60. The second kappa shape index (κ2) is 7.18. The Morgan fingerprint density at radius 1 is 0.808 bits per heavy atom. The van der Waals surface area contributed by atoms with Crippen molar-refractivity contribution in [3.05, 3.63) is 83.1 Å². The monoisotopic (exact) mass is 354 g/mol. The largest absolute Gasteiger partial charge is 0.324 e. The number of benzene rings is 2. The first-order chi connectivity index (χ1) is 12.8. The summed E-state index contributed by atoms with van der Waals surface area (Å²) in [7, 11) is 0. The van der Waals surface area contributed by atoms with Crippen molar-refractivity contribution in [1.29, 1.82) is 5.26 Å². The van der Waals surface area contributed by atoms with Gasteiger partial charge in [0.15, 0.2) is 0 Å². The summed E-state index contributed by atoms with van der Waals surface area (Å²) in [6, 6.07) is 23.7. The fourth-order valence-corrected chi connectivity index (χ4v) is 3.33. The van der Waals surface area contributed by atoms with Gasteiger partial charge in [-0.3, -0.25) is 0 Å². The van der Waals surface area contributed by atoms with Crippen molar-refractivity contribution in [2.24, 2.45) is 0 Å². The molecular weight excluding hydrogens is 340 g/mol. The molecule has 2 heterocycles. The molecule has 4 nitrogen and oxygen atoms in total. The van der Waals surface area contributed by atoms with Crippen molar-refractivity contribution < 1.29 is 0 Å². The van der Waals surface area contributed by atoms with Crippen LogP contribution in [-0.2, 0) is 0 Å². The number of hydrogen-bond acceptors (Lipinski definition) is 5. The van der Waals surface area contributed by atoms with Gasteiger partial charge < -0.3 is 5.32 Å². The molecule has 0 saturated heterocycles. The Morgan fingerprint density at radius 2 is 1.46 bits per heavy atom. The van der Waals surface area contributed by atoms with Crippen LogP contribution in [0, 0.1) is 11.3 Å². The molecule has 0 unspecified atom stereocenters. The summed E-state index contributed by atoms with van der Waals surface area (Å²) < 4.78 is 0. The van der Waals surface area contributed by atoms with E-state index < -0.39 is 0 Å². The van der Waals surface area contributed by atoms with E-state index in [0.717, 1.165) is 16.8 Å². The van der Waals surface area contributed by atoms with Gasteiger partial charge in [-0.1, -0.05) is 48.5 Å². The molecule has 0 fully saturated rings. The molecule has 4 rings (SSSR count). The van der Waals surface area contributed by atoms with Gasteiger partial charge in [-0.05, 0) is 23.6 Å². The number of para-hydroxylation sites is 1. The first-order valence-corrected chi connectivity index (χ1v) is 9.01. The number of nitriles is 1. The lowest BCUT2D eigenvalue weighted by Gasteiger charge is -2.12.